The van der Waals surface area contributed by atoms with Crippen LogP contribution in [0.25, 0.3) is 21.7 Å². The predicted octanol–water partition coefficient (Wildman–Crippen LogP) is 5.41. The van der Waals surface area contributed by atoms with Crippen molar-refractivity contribution in [1.29, 1.82) is 0 Å². The highest BCUT2D eigenvalue weighted by molar-refractivity contribution is 6.00. The van der Waals surface area contributed by atoms with Gasteiger partial charge in [-0.25, -0.2) is 4.79 Å². The SMILES string of the molecule is O=C(O)C(Cc1ccc(O)cc1)N(CCc1c[nH]c2ccccc12)C(=O)c1ccc2ccccc2c1. The van der Waals surface area contributed by atoms with Crippen molar-refractivity contribution in [2.75, 3.05) is 6.54 Å². The van der Waals surface area contributed by atoms with Gasteiger partial charge in [-0.2, -0.15) is 0 Å². The first-order chi connectivity index (χ1) is 17.5. The third kappa shape index (κ3) is 4.79. The number of carboxylic acid groups (broad SMARTS) is 1. The molecule has 5 aromatic rings. The van der Waals surface area contributed by atoms with Crippen LogP contribution in [-0.2, 0) is 17.6 Å². The van der Waals surface area contributed by atoms with Crippen LogP contribution in [0.5, 0.6) is 5.75 Å². The van der Waals surface area contributed by atoms with Crippen molar-refractivity contribution in [1.82, 2.24) is 9.88 Å². The zero-order valence-electron chi connectivity index (χ0n) is 19.6. The quantitative estimate of drug-likeness (QED) is 0.278. The predicted molar refractivity (Wildman–Crippen MR) is 140 cm³/mol. The summed E-state index contributed by atoms with van der Waals surface area (Å²) in [7, 11) is 0. The second-order valence-electron chi connectivity index (χ2n) is 8.89. The molecular weight excluding hydrogens is 452 g/mol. The average Bonchev–Trinajstić information content (AvgIpc) is 3.31. The summed E-state index contributed by atoms with van der Waals surface area (Å²) in [5.41, 5.74) is 3.20. The van der Waals surface area contributed by atoms with Crippen LogP contribution in [0.3, 0.4) is 0 Å². The van der Waals surface area contributed by atoms with Crippen LogP contribution in [0.2, 0.25) is 0 Å². The van der Waals surface area contributed by atoms with Crippen LogP contribution >= 0.6 is 0 Å². The van der Waals surface area contributed by atoms with Crippen molar-refractivity contribution in [3.63, 3.8) is 0 Å². The van der Waals surface area contributed by atoms with Gasteiger partial charge < -0.3 is 20.1 Å². The summed E-state index contributed by atoms with van der Waals surface area (Å²) in [6, 6.07) is 26.5. The molecule has 0 aliphatic rings. The van der Waals surface area contributed by atoms with E-state index in [-0.39, 0.29) is 24.6 Å². The Balaban J connectivity index is 1.49. The number of carbonyl (C=O) groups is 2. The van der Waals surface area contributed by atoms with E-state index in [0.717, 1.165) is 32.8 Å². The number of benzene rings is 4. The largest absolute Gasteiger partial charge is 0.508 e. The number of nitrogens with zero attached hydrogens (tertiary/aromatic N) is 1. The molecule has 1 atom stereocenters. The highest BCUT2D eigenvalue weighted by Gasteiger charge is 2.31. The first-order valence-corrected chi connectivity index (χ1v) is 11.8. The molecule has 1 aromatic heterocycles. The minimum Gasteiger partial charge on any atom is -0.508 e. The fraction of sp³-hybridized carbons (Fsp3) is 0.133. The van der Waals surface area contributed by atoms with Crippen molar-refractivity contribution >= 4 is 33.6 Å². The highest BCUT2D eigenvalue weighted by atomic mass is 16.4. The third-order valence-corrected chi connectivity index (χ3v) is 6.58. The van der Waals surface area contributed by atoms with Gasteiger partial charge in [0.05, 0.1) is 0 Å². The van der Waals surface area contributed by atoms with Gasteiger partial charge in [-0.3, -0.25) is 4.79 Å². The van der Waals surface area contributed by atoms with E-state index in [1.165, 1.54) is 17.0 Å². The van der Waals surface area contributed by atoms with Crippen LogP contribution in [-0.4, -0.2) is 44.6 Å². The van der Waals surface area contributed by atoms with Gasteiger partial charge in [-0.05, 0) is 58.7 Å². The molecule has 36 heavy (non-hydrogen) atoms. The molecule has 6 nitrogen and oxygen atoms in total. The lowest BCUT2D eigenvalue weighted by Crippen LogP contribution is -2.47. The number of hydrogen-bond acceptors (Lipinski definition) is 3. The Morgan fingerprint density at radius 3 is 2.36 bits per heavy atom. The number of hydrogen-bond donors (Lipinski definition) is 3. The lowest BCUT2D eigenvalue weighted by Gasteiger charge is -2.29. The summed E-state index contributed by atoms with van der Waals surface area (Å²) < 4.78 is 0. The number of aromatic amines is 1. The number of para-hydroxylation sites is 1. The molecule has 0 aliphatic heterocycles. The standard InChI is InChI=1S/C30H26N2O4/c33-25-13-9-20(10-14-25)17-28(30(35)36)32(16-15-24-19-31-27-8-4-3-7-26(24)27)29(34)23-12-11-21-5-1-2-6-22(21)18-23/h1-14,18-19,28,31,33H,15-17H2,(H,35,36). The second kappa shape index (κ2) is 9.96. The zero-order valence-corrected chi connectivity index (χ0v) is 19.6. The number of rotatable bonds is 8. The Labute approximate surface area is 208 Å². The Morgan fingerprint density at radius 2 is 1.58 bits per heavy atom. The van der Waals surface area contributed by atoms with E-state index >= 15 is 0 Å². The Kier molecular flexibility index (Phi) is 6.41. The number of aromatic nitrogens is 1. The zero-order chi connectivity index (χ0) is 25.1. The number of phenols is 1. The Morgan fingerprint density at radius 1 is 0.861 bits per heavy atom. The molecule has 1 heterocycles. The number of carboxylic acids is 1. The van der Waals surface area contributed by atoms with Crippen LogP contribution in [0.1, 0.15) is 21.5 Å². The minimum absolute atomic E-state index is 0.106. The fourth-order valence-corrected chi connectivity index (χ4v) is 4.65. The van der Waals surface area contributed by atoms with Gasteiger partial charge in [-0.1, -0.05) is 60.7 Å². The summed E-state index contributed by atoms with van der Waals surface area (Å²) >= 11 is 0. The third-order valence-electron chi connectivity index (χ3n) is 6.58. The molecule has 4 aromatic carbocycles. The van der Waals surface area contributed by atoms with E-state index in [0.29, 0.717) is 12.0 Å². The number of amides is 1. The number of nitrogens with one attached hydrogen (secondary N) is 1. The van der Waals surface area contributed by atoms with Gasteiger partial charge in [-0.15, -0.1) is 0 Å². The molecule has 1 unspecified atom stereocenters. The lowest BCUT2D eigenvalue weighted by molar-refractivity contribution is -0.142. The molecule has 3 N–H and O–H groups in total. The molecule has 0 radical (unpaired) electrons. The smallest absolute Gasteiger partial charge is 0.326 e. The van der Waals surface area contributed by atoms with Gasteiger partial charge >= 0.3 is 5.97 Å². The van der Waals surface area contributed by atoms with E-state index in [4.69, 9.17) is 0 Å². The molecule has 0 aliphatic carbocycles. The molecule has 0 saturated carbocycles. The summed E-state index contributed by atoms with van der Waals surface area (Å²) in [6.45, 7) is 0.239. The van der Waals surface area contributed by atoms with Gasteiger partial charge in [0.1, 0.15) is 11.8 Å². The summed E-state index contributed by atoms with van der Waals surface area (Å²) in [5.74, 6) is -1.29. The van der Waals surface area contributed by atoms with Gasteiger partial charge in [0.2, 0.25) is 0 Å². The van der Waals surface area contributed by atoms with Crippen molar-refractivity contribution in [3.05, 3.63) is 114 Å². The number of carbonyl (C=O) groups excluding carboxylic acids is 1. The monoisotopic (exact) mass is 478 g/mol. The van der Waals surface area contributed by atoms with Crippen LogP contribution in [0, 0.1) is 0 Å². The first-order valence-electron chi connectivity index (χ1n) is 11.8. The van der Waals surface area contributed by atoms with Crippen LogP contribution in [0.15, 0.2) is 97.2 Å². The van der Waals surface area contributed by atoms with Crippen LogP contribution < -0.4 is 0 Å². The van der Waals surface area contributed by atoms with Crippen molar-refractivity contribution in [2.45, 2.75) is 18.9 Å². The van der Waals surface area contributed by atoms with Gasteiger partial charge in [0, 0.05) is 35.6 Å². The van der Waals surface area contributed by atoms with Crippen molar-refractivity contribution in [2.24, 2.45) is 0 Å². The summed E-state index contributed by atoms with van der Waals surface area (Å²) in [6.07, 6.45) is 2.55. The van der Waals surface area contributed by atoms with E-state index in [9.17, 15) is 19.8 Å². The van der Waals surface area contributed by atoms with Gasteiger partial charge in [0.25, 0.3) is 5.91 Å². The number of aromatic hydroxyl groups is 1. The summed E-state index contributed by atoms with van der Waals surface area (Å²) in [5, 5.41) is 22.8. The van der Waals surface area contributed by atoms with E-state index in [1.807, 2.05) is 66.9 Å². The molecule has 0 fully saturated rings. The maximum absolute atomic E-state index is 13.8. The number of aliphatic carboxylic acids is 1. The molecule has 1 amide bonds. The van der Waals surface area contributed by atoms with Crippen LogP contribution in [0.4, 0.5) is 0 Å². The second-order valence-corrected chi connectivity index (χ2v) is 8.89. The number of fused-ring (bicyclic) bond motifs is 2. The first kappa shape index (κ1) is 23.2. The van der Waals surface area contributed by atoms with Crippen molar-refractivity contribution in [3.8, 4) is 5.75 Å². The van der Waals surface area contributed by atoms with E-state index in [2.05, 4.69) is 4.98 Å². The Bertz CT molecular complexity index is 1540. The number of phenolic OH excluding ortho intramolecular Hbond substituents is 1. The fourth-order valence-electron chi connectivity index (χ4n) is 4.65. The Hall–Kier alpha value is -4.58. The molecule has 6 heteroatoms. The lowest BCUT2D eigenvalue weighted by atomic mass is 10.0. The number of H-pyrrole nitrogens is 1. The van der Waals surface area contributed by atoms with Gasteiger partial charge in [0.15, 0.2) is 0 Å². The molecule has 180 valence electrons. The average molecular weight is 479 g/mol. The van der Waals surface area contributed by atoms with Crippen molar-refractivity contribution < 1.29 is 19.8 Å². The maximum atomic E-state index is 13.8. The molecule has 0 saturated heterocycles. The molecule has 0 spiro atoms. The van der Waals surface area contributed by atoms with E-state index in [1.54, 1.807) is 18.2 Å². The maximum Gasteiger partial charge on any atom is 0.326 e. The normalized spacial score (nSPS) is 12.0. The molecule has 0 bridgehead atoms. The van der Waals surface area contributed by atoms with E-state index < -0.39 is 12.0 Å². The minimum atomic E-state index is -1.07. The highest BCUT2D eigenvalue weighted by Crippen LogP contribution is 2.23. The molecule has 5 rings (SSSR count). The topological polar surface area (TPSA) is 93.6 Å². The summed E-state index contributed by atoms with van der Waals surface area (Å²) in [4.78, 5) is 31.0. The molecular formula is C30H26N2O4.